The first kappa shape index (κ1) is 19.2. The van der Waals surface area contributed by atoms with Gasteiger partial charge in [-0.2, -0.15) is 15.0 Å². The van der Waals surface area contributed by atoms with Crippen LogP contribution in [0, 0.1) is 0 Å². The van der Waals surface area contributed by atoms with Crippen LogP contribution in [-0.4, -0.2) is 24.1 Å². The van der Waals surface area contributed by atoms with Crippen LogP contribution < -0.4 is 0 Å². The molecule has 12 rings (SSSR count). The zero-order valence-corrected chi connectivity index (χ0v) is 31.1. The van der Waals surface area contributed by atoms with Crippen LogP contribution >= 0.6 is 0 Å². The highest BCUT2D eigenvalue weighted by atomic mass is 15.3. The summed E-state index contributed by atoms with van der Waals surface area (Å²) in [6.45, 7) is 4.32. The van der Waals surface area contributed by atoms with Gasteiger partial charge in [0.2, 0.25) is 11.9 Å². The van der Waals surface area contributed by atoms with E-state index in [4.69, 9.17) is 32.8 Å². The van der Waals surface area contributed by atoms with E-state index in [2.05, 4.69) is 38.1 Å². The predicted octanol–water partition coefficient (Wildman–Crippen LogP) is 13.4. The molecule has 8 aromatic carbocycles. The van der Waals surface area contributed by atoms with Crippen molar-refractivity contribution in [1.29, 1.82) is 0 Å². The number of aromatic nitrogens is 5. The average Bonchev–Trinajstić information content (AvgIpc) is 3.49. The fourth-order valence-corrected chi connectivity index (χ4v) is 8.21. The molecular weight excluding hydrogens is 719 g/mol. The van der Waals surface area contributed by atoms with E-state index in [1.54, 1.807) is 24.3 Å². The van der Waals surface area contributed by atoms with Crippen molar-refractivity contribution in [2.45, 2.75) is 19.3 Å². The van der Waals surface area contributed by atoms with Crippen LogP contribution in [0.1, 0.15) is 52.4 Å². The van der Waals surface area contributed by atoms with Crippen LogP contribution in [0.25, 0.3) is 100 Å². The van der Waals surface area contributed by atoms with E-state index in [-0.39, 0.29) is 44.0 Å². The van der Waals surface area contributed by atoms with Crippen molar-refractivity contribution in [1.82, 2.24) is 24.1 Å². The maximum absolute atomic E-state index is 9.88. The third-order valence-corrected chi connectivity index (χ3v) is 11.0. The first-order valence-electron chi connectivity index (χ1n) is 28.6. The lowest BCUT2D eigenvalue weighted by molar-refractivity contribution is 0.660. The normalized spacial score (nSPS) is 17.8. The van der Waals surface area contributed by atoms with Crippen molar-refractivity contribution in [3.8, 4) is 56.7 Å². The Labute approximate surface area is 369 Å². The van der Waals surface area contributed by atoms with Gasteiger partial charge in [-0.3, -0.25) is 9.13 Å². The Morgan fingerprint density at radius 3 is 1.61 bits per heavy atom. The van der Waals surface area contributed by atoms with Gasteiger partial charge in [0.15, 0.2) is 5.82 Å². The quantitative estimate of drug-likeness (QED) is 0.175. The van der Waals surface area contributed by atoms with Gasteiger partial charge in [-0.15, -0.1) is 0 Å². The minimum Gasteiger partial charge on any atom is -0.278 e. The molecule has 0 aliphatic heterocycles. The van der Waals surface area contributed by atoms with Gasteiger partial charge in [0.05, 0.1) is 49.5 Å². The summed E-state index contributed by atoms with van der Waals surface area (Å²) in [5.41, 5.74) is 3.20. The molecule has 0 spiro atoms. The van der Waals surface area contributed by atoms with E-state index in [9.17, 15) is 9.60 Å². The first-order chi connectivity index (χ1) is 37.3. The number of nitrogens with zero attached hydrogens (tertiary/aromatic N) is 5. The van der Waals surface area contributed by atoms with E-state index in [1.165, 1.54) is 5.56 Å². The Balaban J connectivity index is 1.22. The topological polar surface area (TPSA) is 48.5 Å². The molecule has 278 valence electrons. The largest absolute Gasteiger partial charge is 0.278 e. The van der Waals surface area contributed by atoms with Gasteiger partial charge in [0.1, 0.15) is 0 Å². The molecule has 5 heteroatoms. The summed E-state index contributed by atoms with van der Waals surface area (Å²) < 4.78 is 181. The van der Waals surface area contributed by atoms with Gasteiger partial charge < -0.3 is 0 Å². The van der Waals surface area contributed by atoms with E-state index in [1.807, 2.05) is 18.2 Å². The number of hydrogen-bond acceptors (Lipinski definition) is 3. The minimum atomic E-state index is -0.818. The average molecular weight is 776 g/mol. The van der Waals surface area contributed by atoms with Gasteiger partial charge in [-0.1, -0.05) is 171 Å². The van der Waals surface area contributed by atoms with Gasteiger partial charge in [0, 0.05) is 32.5 Å². The van der Waals surface area contributed by atoms with Crippen molar-refractivity contribution in [3.05, 3.63) is 199 Å². The zero-order valence-electron chi connectivity index (χ0n) is 51.1. The second-order valence-electron chi connectivity index (χ2n) is 14.6. The lowest BCUT2D eigenvalue weighted by Gasteiger charge is -2.22. The van der Waals surface area contributed by atoms with E-state index < -0.39 is 160 Å². The molecule has 0 N–H and O–H groups in total. The fraction of sp³-hybridized carbons (Fsp3) is 0.0556. The molecule has 0 bridgehead atoms. The van der Waals surface area contributed by atoms with Gasteiger partial charge >= 0.3 is 0 Å². The maximum Gasteiger partial charge on any atom is 0.240 e. The number of fused-ring (bicyclic) bond motifs is 9. The van der Waals surface area contributed by atoms with Crippen molar-refractivity contribution in [3.63, 3.8) is 0 Å². The van der Waals surface area contributed by atoms with Crippen LogP contribution in [0.5, 0.6) is 0 Å². The Kier molecular flexibility index (Phi) is 4.13. The van der Waals surface area contributed by atoms with Crippen molar-refractivity contribution >= 4 is 43.6 Å². The number of benzene rings is 8. The summed E-state index contributed by atoms with van der Waals surface area (Å²) in [5, 5.41) is -1.41. The zero-order chi connectivity index (χ0) is 56.6. The second kappa shape index (κ2) is 12.7. The SMILES string of the molecule is [2H]c1c([2H])c([2H])c(-c2c([2H])c([2H])c3c4c([2H])c([2H])c([2H])c([2H])c4n(-c4nc(-c5ccc(-c6ccc7c(c6)C(C)(C)c6ccccc6-7)cc5)nc(-n5c6c([2H])c([2H])c([2H])c([2H])c6c6c([2H])c([2H])c([2H])c([2H])c65)n4)c3c2[2H])c([2H])c1[2H]. The molecule has 0 saturated carbocycles. The molecule has 5 nitrogen and oxygen atoms in total. The summed E-state index contributed by atoms with van der Waals surface area (Å²) in [4.78, 5) is 14.5. The molecule has 1 aliphatic carbocycles. The van der Waals surface area contributed by atoms with E-state index in [0.717, 1.165) is 37.0 Å². The summed E-state index contributed by atoms with van der Waals surface area (Å²) in [7, 11) is 0. The fourth-order valence-electron chi connectivity index (χ4n) is 8.21. The molecule has 59 heavy (non-hydrogen) atoms. The second-order valence-corrected chi connectivity index (χ2v) is 14.6. The van der Waals surface area contributed by atoms with Crippen LogP contribution in [-0.2, 0) is 5.41 Å². The lowest BCUT2D eigenvalue weighted by Crippen LogP contribution is -2.14. The Hall–Kier alpha value is -7.63. The Morgan fingerprint density at radius 2 is 0.949 bits per heavy atom. The first-order valence-corrected chi connectivity index (χ1v) is 18.6. The number of para-hydroxylation sites is 3. The van der Waals surface area contributed by atoms with Gasteiger partial charge in [0.25, 0.3) is 0 Å². The van der Waals surface area contributed by atoms with Gasteiger partial charge in [-0.25, -0.2) is 0 Å². The van der Waals surface area contributed by atoms with Gasteiger partial charge in [-0.05, 0) is 74.7 Å². The molecule has 0 fully saturated rings. The molecule has 3 aromatic heterocycles. The molecule has 1 aliphatic rings. The van der Waals surface area contributed by atoms with E-state index in [0.29, 0.717) is 0 Å². The Bertz CT molecular complexity index is 4540. The minimum absolute atomic E-state index is 0.217. The number of hydrogen-bond donors (Lipinski definition) is 0. The predicted molar refractivity (Wildman–Crippen MR) is 242 cm³/mol. The molecule has 0 saturated heterocycles. The highest BCUT2D eigenvalue weighted by Gasteiger charge is 2.35. The van der Waals surface area contributed by atoms with Crippen molar-refractivity contribution < 1.29 is 27.4 Å². The third-order valence-electron chi connectivity index (χ3n) is 11.0. The summed E-state index contributed by atoms with van der Waals surface area (Å²) in [5.74, 6) is -1.34. The molecule has 0 atom stereocenters. The smallest absolute Gasteiger partial charge is 0.240 e. The highest BCUT2D eigenvalue weighted by molar-refractivity contribution is 6.10. The number of rotatable bonds is 5. The van der Waals surface area contributed by atoms with Crippen molar-refractivity contribution in [2.75, 3.05) is 0 Å². The van der Waals surface area contributed by atoms with Crippen LogP contribution in [0.4, 0.5) is 0 Å². The van der Waals surface area contributed by atoms with Crippen LogP contribution in [0.3, 0.4) is 0 Å². The maximum atomic E-state index is 9.88. The summed E-state index contributed by atoms with van der Waals surface area (Å²) in [6, 6.07) is 6.37. The molecular formula is C54H37N5. The lowest BCUT2D eigenvalue weighted by atomic mass is 9.81. The standard InChI is InChI=1S/C54H37N5/c1-54(2)45-20-10-6-16-39(45)40-30-28-37(32-46(40)54)35-24-26-36(27-25-35)51-55-52(58-47-21-11-7-17-41(47)42-18-8-12-22-48(42)58)57-53(56-51)59-49-23-13-9-19-43(49)44-31-29-38(33-50(44)59)34-14-4-3-5-15-34/h3-33H,1-2H3/i3D,4D,5D,7D,8D,9D,11D,12D,13D,14D,15D,17D,18D,19D,21D,22D,23D,29D,31D,33D. The summed E-state index contributed by atoms with van der Waals surface area (Å²) in [6.07, 6.45) is 0. The van der Waals surface area contributed by atoms with Crippen molar-refractivity contribution in [2.24, 2.45) is 0 Å². The Morgan fingerprint density at radius 1 is 0.424 bits per heavy atom. The monoisotopic (exact) mass is 775 g/mol. The van der Waals surface area contributed by atoms with Crippen LogP contribution in [0.15, 0.2) is 188 Å². The molecule has 0 unspecified atom stereocenters. The van der Waals surface area contributed by atoms with Crippen LogP contribution in [0.2, 0.25) is 0 Å². The highest BCUT2D eigenvalue weighted by Crippen LogP contribution is 2.49. The summed E-state index contributed by atoms with van der Waals surface area (Å²) >= 11 is 0. The molecule has 3 heterocycles. The molecule has 11 aromatic rings. The van der Waals surface area contributed by atoms with E-state index >= 15 is 0 Å². The third kappa shape index (κ3) is 5.08. The molecule has 0 radical (unpaired) electrons. The molecule has 0 amide bonds.